The third-order valence-electron chi connectivity index (χ3n) is 5.28. The predicted molar refractivity (Wildman–Crippen MR) is 111 cm³/mol. The van der Waals surface area contributed by atoms with Crippen LogP contribution in [0.1, 0.15) is 18.4 Å². The van der Waals surface area contributed by atoms with Crippen LogP contribution in [-0.4, -0.2) is 62.2 Å². The lowest BCUT2D eigenvalue weighted by molar-refractivity contribution is 0.383. The van der Waals surface area contributed by atoms with E-state index in [2.05, 4.69) is 20.0 Å². The number of hydrogen-bond donors (Lipinski definition) is 0. The van der Waals surface area contributed by atoms with Gasteiger partial charge in [0.2, 0.25) is 10.0 Å². The van der Waals surface area contributed by atoms with Crippen LogP contribution in [0.3, 0.4) is 0 Å². The normalized spacial score (nSPS) is 18.6. The monoisotopic (exact) mass is 421 g/mol. The summed E-state index contributed by atoms with van der Waals surface area (Å²) in [5, 5.41) is 9.33. The van der Waals surface area contributed by atoms with Gasteiger partial charge in [0.1, 0.15) is 0 Å². The smallest absolute Gasteiger partial charge is 0.218 e. The van der Waals surface area contributed by atoms with Crippen LogP contribution in [0.15, 0.2) is 36.4 Å². The Balaban J connectivity index is 1.35. The quantitative estimate of drug-likeness (QED) is 0.738. The number of rotatable bonds is 5. The molecule has 2 fully saturated rings. The third kappa shape index (κ3) is 4.39. The largest absolute Gasteiger partial charge is 0.355 e. The summed E-state index contributed by atoms with van der Waals surface area (Å²) in [7, 11) is -3.35. The molecule has 0 aliphatic carbocycles. The molecule has 0 radical (unpaired) electrons. The van der Waals surface area contributed by atoms with Gasteiger partial charge in [0, 0.05) is 44.3 Å². The molecular formula is C19H24ClN5O2S. The summed E-state index contributed by atoms with van der Waals surface area (Å²) in [5.41, 5.74) is 0.746. The van der Waals surface area contributed by atoms with E-state index in [9.17, 15) is 8.42 Å². The lowest BCUT2D eigenvalue weighted by Gasteiger charge is -2.34. The van der Waals surface area contributed by atoms with E-state index in [0.29, 0.717) is 31.2 Å². The van der Waals surface area contributed by atoms with Crippen LogP contribution in [0.4, 0.5) is 11.6 Å². The fourth-order valence-electron chi connectivity index (χ4n) is 3.68. The van der Waals surface area contributed by atoms with Gasteiger partial charge in [0.05, 0.1) is 5.75 Å². The lowest BCUT2D eigenvalue weighted by atomic mass is 10.2. The van der Waals surface area contributed by atoms with Crippen molar-refractivity contribution in [1.82, 2.24) is 14.5 Å². The molecule has 1 aromatic carbocycles. The van der Waals surface area contributed by atoms with Gasteiger partial charge in [-0.3, -0.25) is 0 Å². The second kappa shape index (κ2) is 8.23. The number of aromatic nitrogens is 2. The summed E-state index contributed by atoms with van der Waals surface area (Å²) in [4.78, 5) is 4.34. The fraction of sp³-hybridized carbons (Fsp3) is 0.474. The molecule has 0 amide bonds. The van der Waals surface area contributed by atoms with Gasteiger partial charge >= 0.3 is 0 Å². The molecule has 0 spiro atoms. The lowest BCUT2D eigenvalue weighted by Crippen LogP contribution is -2.49. The first-order valence-corrected chi connectivity index (χ1v) is 11.6. The molecule has 0 saturated carbocycles. The van der Waals surface area contributed by atoms with Gasteiger partial charge in [-0.05, 0) is 42.7 Å². The van der Waals surface area contributed by atoms with Crippen molar-refractivity contribution in [1.29, 1.82) is 0 Å². The molecule has 2 saturated heterocycles. The highest BCUT2D eigenvalue weighted by atomic mass is 35.5. The van der Waals surface area contributed by atoms with Crippen molar-refractivity contribution in [3.63, 3.8) is 0 Å². The predicted octanol–water partition coefficient (Wildman–Crippen LogP) is 2.38. The highest BCUT2D eigenvalue weighted by Gasteiger charge is 2.28. The van der Waals surface area contributed by atoms with Gasteiger partial charge in [0.15, 0.2) is 11.6 Å². The first-order valence-electron chi connectivity index (χ1n) is 9.57. The van der Waals surface area contributed by atoms with Gasteiger partial charge in [0.25, 0.3) is 0 Å². The van der Waals surface area contributed by atoms with E-state index >= 15 is 0 Å². The molecule has 3 heterocycles. The Morgan fingerprint density at radius 2 is 1.32 bits per heavy atom. The molecular weight excluding hydrogens is 398 g/mol. The molecule has 1 aromatic heterocycles. The van der Waals surface area contributed by atoms with Crippen molar-refractivity contribution >= 4 is 33.3 Å². The van der Waals surface area contributed by atoms with Crippen molar-refractivity contribution in [2.24, 2.45) is 0 Å². The fourth-order valence-corrected chi connectivity index (χ4v) is 5.32. The first kappa shape index (κ1) is 19.4. The molecule has 4 rings (SSSR count). The average Bonchev–Trinajstić information content (AvgIpc) is 3.25. The van der Waals surface area contributed by atoms with Crippen LogP contribution in [-0.2, 0) is 15.8 Å². The van der Waals surface area contributed by atoms with Crippen molar-refractivity contribution < 1.29 is 8.42 Å². The van der Waals surface area contributed by atoms with Crippen LogP contribution >= 0.6 is 11.6 Å². The van der Waals surface area contributed by atoms with E-state index in [1.165, 1.54) is 12.8 Å². The maximum absolute atomic E-state index is 12.7. The second-order valence-electron chi connectivity index (χ2n) is 7.21. The third-order valence-corrected chi connectivity index (χ3v) is 7.39. The number of halogens is 1. The minimum absolute atomic E-state index is 0.00545. The molecule has 2 aliphatic rings. The standard InChI is InChI=1S/C19H24ClN5O2S/c20-17-5-3-16(4-6-17)15-28(26,27)25-13-11-24(12-14-25)19-8-7-18(21-22-19)23-9-1-2-10-23/h3-8H,1-2,9-15H2. The molecule has 28 heavy (non-hydrogen) atoms. The Morgan fingerprint density at radius 1 is 0.786 bits per heavy atom. The SMILES string of the molecule is O=S(=O)(Cc1ccc(Cl)cc1)N1CCN(c2ccc(N3CCCC3)nn2)CC1. The van der Waals surface area contributed by atoms with Crippen LogP contribution in [0.2, 0.25) is 5.02 Å². The topological polar surface area (TPSA) is 69.6 Å². The van der Waals surface area contributed by atoms with Gasteiger partial charge < -0.3 is 9.80 Å². The van der Waals surface area contributed by atoms with Crippen LogP contribution in [0.25, 0.3) is 0 Å². The average molecular weight is 422 g/mol. The van der Waals surface area contributed by atoms with E-state index in [4.69, 9.17) is 11.6 Å². The Hall–Kier alpha value is -1.90. The van der Waals surface area contributed by atoms with Gasteiger partial charge in [-0.1, -0.05) is 23.7 Å². The van der Waals surface area contributed by atoms with Gasteiger partial charge in [-0.25, -0.2) is 8.42 Å². The zero-order valence-corrected chi connectivity index (χ0v) is 17.2. The second-order valence-corrected chi connectivity index (χ2v) is 9.62. The summed E-state index contributed by atoms with van der Waals surface area (Å²) in [6, 6.07) is 10.9. The van der Waals surface area contributed by atoms with Gasteiger partial charge in [-0.15, -0.1) is 10.2 Å². The summed E-state index contributed by atoms with van der Waals surface area (Å²) in [5.74, 6) is 1.72. The maximum atomic E-state index is 12.7. The van der Waals surface area contributed by atoms with Crippen molar-refractivity contribution in [2.75, 3.05) is 49.1 Å². The molecule has 0 bridgehead atoms. The highest BCUT2D eigenvalue weighted by molar-refractivity contribution is 7.88. The molecule has 0 N–H and O–H groups in total. The van der Waals surface area contributed by atoms with Crippen LogP contribution in [0, 0.1) is 0 Å². The van der Waals surface area contributed by atoms with E-state index in [1.807, 2.05) is 12.1 Å². The molecule has 9 heteroatoms. The maximum Gasteiger partial charge on any atom is 0.218 e. The molecule has 7 nitrogen and oxygen atoms in total. The number of anilines is 2. The Labute approximate surface area is 171 Å². The molecule has 2 aromatic rings. The molecule has 0 unspecified atom stereocenters. The number of piperazine rings is 1. The minimum atomic E-state index is -3.35. The Morgan fingerprint density at radius 3 is 1.86 bits per heavy atom. The zero-order valence-electron chi connectivity index (χ0n) is 15.7. The summed E-state index contributed by atoms with van der Waals surface area (Å²) in [6.45, 7) is 4.20. The van der Waals surface area contributed by atoms with Gasteiger partial charge in [-0.2, -0.15) is 4.31 Å². The van der Waals surface area contributed by atoms with E-state index in [-0.39, 0.29) is 5.75 Å². The summed E-state index contributed by atoms with van der Waals surface area (Å²) >= 11 is 5.87. The number of hydrogen-bond acceptors (Lipinski definition) is 6. The molecule has 2 aliphatic heterocycles. The van der Waals surface area contributed by atoms with Crippen molar-refractivity contribution in [2.45, 2.75) is 18.6 Å². The van der Waals surface area contributed by atoms with E-state index in [1.54, 1.807) is 28.6 Å². The number of nitrogens with zero attached hydrogens (tertiary/aromatic N) is 5. The van der Waals surface area contributed by atoms with Crippen molar-refractivity contribution in [3.05, 3.63) is 47.0 Å². The van der Waals surface area contributed by atoms with E-state index in [0.717, 1.165) is 30.3 Å². The van der Waals surface area contributed by atoms with Crippen LogP contribution < -0.4 is 9.80 Å². The van der Waals surface area contributed by atoms with Crippen molar-refractivity contribution in [3.8, 4) is 0 Å². The molecule has 0 atom stereocenters. The Bertz CT molecular complexity index is 891. The number of benzene rings is 1. The summed E-state index contributed by atoms with van der Waals surface area (Å²) < 4.78 is 27.0. The first-order chi connectivity index (χ1) is 13.5. The summed E-state index contributed by atoms with van der Waals surface area (Å²) in [6.07, 6.45) is 2.41. The Kier molecular flexibility index (Phi) is 5.70. The highest BCUT2D eigenvalue weighted by Crippen LogP contribution is 2.21. The minimum Gasteiger partial charge on any atom is -0.355 e. The van der Waals surface area contributed by atoms with Crippen LogP contribution in [0.5, 0.6) is 0 Å². The van der Waals surface area contributed by atoms with E-state index < -0.39 is 10.0 Å². The number of sulfonamides is 1. The zero-order chi connectivity index (χ0) is 19.6. The molecule has 150 valence electrons.